The second-order valence-electron chi connectivity index (χ2n) is 6.33. The van der Waals surface area contributed by atoms with Crippen molar-refractivity contribution in [3.63, 3.8) is 0 Å². The van der Waals surface area contributed by atoms with Crippen molar-refractivity contribution >= 4 is 31.5 Å². The average molecular weight is 396 g/mol. The standard InChI is InChI=1S/C16H18FN4O5P/c17-11-7-9-12-15(13(11)19-1-3-21(4-2-19)27-26-18)25-6-5-20(12)8-10(14(9)22)16(23)24/h7-8,27H,1-6,18H2,(H,23,24). The molecule has 9 nitrogen and oxygen atoms in total. The number of nitrogens with zero attached hydrogens (tertiary/aromatic N) is 3. The summed E-state index contributed by atoms with van der Waals surface area (Å²) in [6.45, 7) is 3.05. The predicted octanol–water partition coefficient (Wildman–Crippen LogP) is 0.752. The number of piperazine rings is 1. The van der Waals surface area contributed by atoms with E-state index in [1.807, 2.05) is 9.57 Å². The smallest absolute Gasteiger partial charge is 0.341 e. The van der Waals surface area contributed by atoms with E-state index in [1.165, 1.54) is 6.20 Å². The molecule has 1 aromatic heterocycles. The van der Waals surface area contributed by atoms with Gasteiger partial charge in [-0.3, -0.25) is 14.1 Å². The molecule has 0 bridgehead atoms. The van der Waals surface area contributed by atoms with E-state index in [2.05, 4.69) is 4.62 Å². The number of pyridine rings is 1. The molecule has 1 fully saturated rings. The summed E-state index contributed by atoms with van der Waals surface area (Å²) in [4.78, 5) is 25.7. The minimum Gasteiger partial charge on any atom is -0.487 e. The zero-order chi connectivity index (χ0) is 19.1. The van der Waals surface area contributed by atoms with E-state index < -0.39 is 17.2 Å². The van der Waals surface area contributed by atoms with Gasteiger partial charge in [0.2, 0.25) is 5.43 Å². The summed E-state index contributed by atoms with van der Waals surface area (Å²) in [5, 5.41) is 9.28. The minimum atomic E-state index is -1.33. The molecule has 1 atom stereocenters. The number of ether oxygens (including phenoxy) is 1. The first-order chi connectivity index (χ1) is 13.0. The lowest BCUT2D eigenvalue weighted by Gasteiger charge is -2.36. The van der Waals surface area contributed by atoms with E-state index in [0.29, 0.717) is 43.9 Å². The van der Waals surface area contributed by atoms with Gasteiger partial charge >= 0.3 is 5.97 Å². The van der Waals surface area contributed by atoms with Crippen LogP contribution < -0.4 is 21.0 Å². The third-order valence-corrected chi connectivity index (χ3v) is 5.64. The lowest BCUT2D eigenvalue weighted by atomic mass is 10.1. The van der Waals surface area contributed by atoms with Gasteiger partial charge in [0, 0.05) is 32.4 Å². The molecular weight excluding hydrogens is 378 g/mol. The van der Waals surface area contributed by atoms with Crippen LogP contribution in [0.1, 0.15) is 10.4 Å². The summed E-state index contributed by atoms with van der Waals surface area (Å²) in [7, 11) is 0.0525. The first-order valence-electron chi connectivity index (χ1n) is 8.38. The van der Waals surface area contributed by atoms with Gasteiger partial charge in [-0.15, -0.1) is 0 Å². The number of hydrogen-bond donors (Lipinski definition) is 2. The van der Waals surface area contributed by atoms with Crippen LogP contribution in [0.5, 0.6) is 5.75 Å². The number of rotatable bonds is 4. The highest BCUT2D eigenvalue weighted by Gasteiger charge is 2.29. The van der Waals surface area contributed by atoms with Gasteiger partial charge in [0.15, 0.2) is 11.6 Å². The number of anilines is 1. The predicted molar refractivity (Wildman–Crippen MR) is 98.0 cm³/mol. The van der Waals surface area contributed by atoms with Crippen LogP contribution in [-0.4, -0.2) is 53.1 Å². The summed E-state index contributed by atoms with van der Waals surface area (Å²) < 4.78 is 29.1. The van der Waals surface area contributed by atoms with Crippen LogP contribution in [-0.2, 0) is 11.2 Å². The Bertz CT molecular complexity index is 974. The topological polar surface area (TPSA) is 110 Å². The number of aromatic carboxylic acids is 1. The molecule has 4 rings (SSSR count). The Morgan fingerprint density at radius 2 is 2.04 bits per heavy atom. The van der Waals surface area contributed by atoms with E-state index in [0.717, 1.165) is 6.07 Å². The van der Waals surface area contributed by atoms with Gasteiger partial charge in [0.25, 0.3) is 0 Å². The van der Waals surface area contributed by atoms with Crippen molar-refractivity contribution in [2.45, 2.75) is 6.54 Å². The molecule has 144 valence electrons. The monoisotopic (exact) mass is 396 g/mol. The number of carboxylic acid groups (broad SMARTS) is 1. The maximum Gasteiger partial charge on any atom is 0.341 e. The second-order valence-corrected chi connectivity index (χ2v) is 7.39. The number of nitrogens with two attached hydrogens (primary N) is 1. The van der Waals surface area contributed by atoms with Crippen LogP contribution in [0.15, 0.2) is 17.1 Å². The van der Waals surface area contributed by atoms with E-state index in [4.69, 9.17) is 10.6 Å². The highest BCUT2D eigenvalue weighted by Crippen LogP contribution is 2.40. The second kappa shape index (κ2) is 7.05. The quantitative estimate of drug-likeness (QED) is 0.576. The van der Waals surface area contributed by atoms with Crippen molar-refractivity contribution < 1.29 is 23.7 Å². The van der Waals surface area contributed by atoms with Gasteiger partial charge in [-0.25, -0.2) is 15.1 Å². The Balaban J connectivity index is 1.84. The van der Waals surface area contributed by atoms with Crippen LogP contribution in [0.25, 0.3) is 10.9 Å². The molecule has 27 heavy (non-hydrogen) atoms. The summed E-state index contributed by atoms with van der Waals surface area (Å²) in [6, 6.07) is 1.12. The van der Waals surface area contributed by atoms with E-state index in [-0.39, 0.29) is 32.3 Å². The summed E-state index contributed by atoms with van der Waals surface area (Å²) in [6.07, 6.45) is 1.30. The molecule has 0 radical (unpaired) electrons. The number of benzene rings is 1. The van der Waals surface area contributed by atoms with Gasteiger partial charge in [-0.1, -0.05) is 0 Å². The lowest BCUT2D eigenvalue weighted by Crippen LogP contribution is -2.44. The molecule has 0 aliphatic carbocycles. The molecule has 3 N–H and O–H groups in total. The molecule has 0 saturated carbocycles. The first-order valence-corrected chi connectivity index (χ1v) is 9.24. The molecule has 0 spiro atoms. The molecule has 2 aromatic rings. The van der Waals surface area contributed by atoms with Crippen molar-refractivity contribution in [2.75, 3.05) is 37.7 Å². The number of hydrogen-bond acceptors (Lipinski definition) is 7. The molecular formula is C16H18FN4O5P. The van der Waals surface area contributed by atoms with Gasteiger partial charge in [0.05, 0.1) is 17.4 Å². The van der Waals surface area contributed by atoms with Crippen LogP contribution in [0.4, 0.5) is 10.1 Å². The van der Waals surface area contributed by atoms with Crippen LogP contribution in [0.3, 0.4) is 0 Å². The fraction of sp³-hybridized carbons (Fsp3) is 0.375. The lowest BCUT2D eigenvalue weighted by molar-refractivity contribution is 0.0694. The van der Waals surface area contributed by atoms with E-state index >= 15 is 0 Å². The Morgan fingerprint density at radius 3 is 2.70 bits per heavy atom. The van der Waals surface area contributed by atoms with Crippen LogP contribution in [0, 0.1) is 5.82 Å². The Hall–Kier alpha value is -2.26. The summed E-state index contributed by atoms with van der Waals surface area (Å²) >= 11 is 0. The molecule has 2 aliphatic rings. The molecule has 1 saturated heterocycles. The zero-order valence-corrected chi connectivity index (χ0v) is 15.3. The highest BCUT2D eigenvalue weighted by atomic mass is 31.1. The fourth-order valence-electron chi connectivity index (χ4n) is 3.59. The number of carboxylic acids is 1. The van der Waals surface area contributed by atoms with Crippen molar-refractivity contribution in [1.82, 2.24) is 9.24 Å². The normalized spacial score (nSPS) is 17.6. The maximum absolute atomic E-state index is 15.0. The van der Waals surface area contributed by atoms with Crippen molar-refractivity contribution in [2.24, 2.45) is 5.90 Å². The maximum atomic E-state index is 15.0. The summed E-state index contributed by atoms with van der Waals surface area (Å²) in [5.41, 5.74) is -0.353. The largest absolute Gasteiger partial charge is 0.487 e. The SMILES string of the molecule is NOPN1CCN(c2c(F)cc3c(=O)c(C(=O)O)cn4c3c2OCC4)CC1. The van der Waals surface area contributed by atoms with Crippen molar-refractivity contribution in [3.8, 4) is 5.75 Å². The van der Waals surface area contributed by atoms with Crippen molar-refractivity contribution in [3.05, 3.63) is 33.9 Å². The first kappa shape index (κ1) is 18.1. The highest BCUT2D eigenvalue weighted by molar-refractivity contribution is 7.29. The number of halogens is 1. The van der Waals surface area contributed by atoms with Gasteiger partial charge < -0.3 is 19.3 Å². The van der Waals surface area contributed by atoms with E-state index in [1.54, 1.807) is 4.57 Å². The Morgan fingerprint density at radius 1 is 1.30 bits per heavy atom. The zero-order valence-electron chi connectivity index (χ0n) is 14.3. The van der Waals surface area contributed by atoms with Crippen LogP contribution >= 0.6 is 8.96 Å². The number of aromatic nitrogens is 1. The van der Waals surface area contributed by atoms with Gasteiger partial charge in [-0.05, 0) is 6.07 Å². The Labute approximate surface area is 154 Å². The molecule has 1 unspecified atom stereocenters. The third kappa shape index (κ3) is 3.04. The van der Waals surface area contributed by atoms with Gasteiger partial charge in [0.1, 0.15) is 26.8 Å². The Kier molecular flexibility index (Phi) is 4.73. The summed E-state index contributed by atoms with van der Waals surface area (Å²) in [5.74, 6) is 3.47. The van der Waals surface area contributed by atoms with Crippen LogP contribution in [0.2, 0.25) is 0 Å². The molecule has 11 heteroatoms. The molecule has 2 aliphatic heterocycles. The molecule has 3 heterocycles. The van der Waals surface area contributed by atoms with E-state index in [9.17, 15) is 19.1 Å². The molecule has 1 aromatic carbocycles. The average Bonchev–Trinajstić information content (AvgIpc) is 2.65. The minimum absolute atomic E-state index is 0.0162. The van der Waals surface area contributed by atoms with Gasteiger partial charge in [-0.2, -0.15) is 0 Å². The third-order valence-electron chi connectivity index (χ3n) is 4.83. The number of carbonyl (C=O) groups is 1. The fourth-order valence-corrected chi connectivity index (χ4v) is 4.12. The van der Waals surface area contributed by atoms with Crippen molar-refractivity contribution in [1.29, 1.82) is 0 Å². The molecule has 0 amide bonds.